The number of benzene rings is 1. The zero-order valence-corrected chi connectivity index (χ0v) is 14.9. The lowest BCUT2D eigenvalue weighted by molar-refractivity contribution is -0.120. The predicted octanol–water partition coefficient (Wildman–Crippen LogP) is 4.22. The number of thioether (sulfide) groups is 1. The molecule has 0 bridgehead atoms. The van der Waals surface area contributed by atoms with E-state index in [-0.39, 0.29) is 5.91 Å². The molecular weight excluding hydrogens is 304 g/mol. The first-order valence-electron chi connectivity index (χ1n) is 9.06. The van der Waals surface area contributed by atoms with Gasteiger partial charge in [-0.3, -0.25) is 4.79 Å². The van der Waals surface area contributed by atoms with E-state index in [1.54, 1.807) is 0 Å². The van der Waals surface area contributed by atoms with Gasteiger partial charge in [-0.05, 0) is 31.4 Å². The second-order valence-electron chi connectivity index (χ2n) is 6.75. The molecule has 3 nitrogen and oxygen atoms in total. The second kappa shape index (κ2) is 8.09. The first kappa shape index (κ1) is 16.7. The molecule has 126 valence electrons. The van der Waals surface area contributed by atoms with Gasteiger partial charge in [0.1, 0.15) is 0 Å². The topological polar surface area (TPSA) is 32.3 Å². The maximum atomic E-state index is 12.5. The summed E-state index contributed by atoms with van der Waals surface area (Å²) in [6.07, 6.45) is 8.59. The zero-order valence-electron chi connectivity index (χ0n) is 14.1. The summed E-state index contributed by atoms with van der Waals surface area (Å²) in [7, 11) is 0. The van der Waals surface area contributed by atoms with Gasteiger partial charge in [0.05, 0.1) is 12.2 Å². The molecule has 1 unspecified atom stereocenters. The van der Waals surface area contributed by atoms with Crippen LogP contribution in [0.15, 0.2) is 29.2 Å². The highest BCUT2D eigenvalue weighted by Gasteiger charge is 2.25. The summed E-state index contributed by atoms with van der Waals surface area (Å²) in [4.78, 5) is 16.1. The van der Waals surface area contributed by atoms with Crippen LogP contribution in [0.2, 0.25) is 0 Å². The third-order valence-corrected chi connectivity index (χ3v) is 6.35. The van der Waals surface area contributed by atoms with Crippen molar-refractivity contribution >= 4 is 23.4 Å². The van der Waals surface area contributed by atoms with E-state index in [4.69, 9.17) is 0 Å². The Morgan fingerprint density at radius 2 is 1.96 bits per heavy atom. The third kappa shape index (κ3) is 4.43. The van der Waals surface area contributed by atoms with Crippen molar-refractivity contribution in [3.63, 3.8) is 0 Å². The molecule has 1 aromatic rings. The Hall–Kier alpha value is -1.16. The van der Waals surface area contributed by atoms with Crippen LogP contribution in [0, 0.1) is 0 Å². The van der Waals surface area contributed by atoms with Crippen LogP contribution in [0.5, 0.6) is 0 Å². The molecule has 2 aliphatic rings. The normalized spacial score (nSPS) is 22.3. The Balaban J connectivity index is 1.63. The van der Waals surface area contributed by atoms with E-state index in [2.05, 4.69) is 41.4 Å². The van der Waals surface area contributed by atoms with Crippen molar-refractivity contribution < 1.29 is 4.79 Å². The van der Waals surface area contributed by atoms with Gasteiger partial charge in [0.15, 0.2) is 0 Å². The molecule has 0 radical (unpaired) electrons. The molecule has 1 fully saturated rings. The minimum atomic E-state index is 0.188. The van der Waals surface area contributed by atoms with Gasteiger partial charge in [0.2, 0.25) is 5.91 Å². The Kier molecular flexibility index (Phi) is 5.87. The van der Waals surface area contributed by atoms with Gasteiger partial charge in [0.25, 0.3) is 0 Å². The van der Waals surface area contributed by atoms with Crippen molar-refractivity contribution in [1.82, 2.24) is 5.32 Å². The lowest BCUT2D eigenvalue weighted by atomic mass is 10.1. The lowest BCUT2D eigenvalue weighted by Crippen LogP contribution is -2.45. The Morgan fingerprint density at radius 1 is 1.22 bits per heavy atom. The molecule has 1 aliphatic heterocycles. The van der Waals surface area contributed by atoms with Crippen molar-refractivity contribution in [2.75, 3.05) is 18.0 Å². The monoisotopic (exact) mass is 332 g/mol. The first-order valence-corrected chi connectivity index (χ1v) is 9.94. The van der Waals surface area contributed by atoms with E-state index in [0.29, 0.717) is 17.8 Å². The van der Waals surface area contributed by atoms with Crippen LogP contribution in [-0.2, 0) is 4.79 Å². The number of amides is 1. The molecule has 1 N–H and O–H groups in total. The fraction of sp³-hybridized carbons (Fsp3) is 0.632. The standard InChI is InChI=1S/C19H28N2OS/c1-2-16-13-21(17-11-7-8-12-18(17)23-16)14-19(22)20-15-9-5-3-4-6-10-15/h7-8,11-12,15-16H,2-6,9-10,13-14H2,1H3,(H,20,22). The van der Waals surface area contributed by atoms with Crippen LogP contribution in [0.25, 0.3) is 0 Å². The number of hydrogen-bond donors (Lipinski definition) is 1. The number of anilines is 1. The van der Waals surface area contributed by atoms with Crippen LogP contribution in [0.3, 0.4) is 0 Å². The molecule has 1 aromatic carbocycles. The van der Waals surface area contributed by atoms with Crippen molar-refractivity contribution in [2.45, 2.75) is 68.1 Å². The second-order valence-corrected chi connectivity index (χ2v) is 8.09. The number of para-hydroxylation sites is 1. The number of rotatable bonds is 4. The van der Waals surface area contributed by atoms with E-state index in [1.165, 1.54) is 36.3 Å². The number of fused-ring (bicyclic) bond motifs is 1. The van der Waals surface area contributed by atoms with Crippen molar-refractivity contribution in [3.05, 3.63) is 24.3 Å². The van der Waals surface area contributed by atoms with Crippen molar-refractivity contribution in [2.24, 2.45) is 0 Å². The van der Waals surface area contributed by atoms with Gasteiger partial charge in [-0.25, -0.2) is 0 Å². The summed E-state index contributed by atoms with van der Waals surface area (Å²) in [5.41, 5.74) is 1.22. The van der Waals surface area contributed by atoms with Crippen LogP contribution in [0.4, 0.5) is 5.69 Å². The van der Waals surface area contributed by atoms with Crippen LogP contribution >= 0.6 is 11.8 Å². The van der Waals surface area contributed by atoms with Gasteiger partial charge < -0.3 is 10.2 Å². The Bertz CT molecular complexity index is 526. The molecule has 1 aliphatic carbocycles. The van der Waals surface area contributed by atoms with Gasteiger partial charge >= 0.3 is 0 Å². The molecule has 3 rings (SSSR count). The summed E-state index contributed by atoms with van der Waals surface area (Å²) in [5.74, 6) is 0.188. The number of hydrogen-bond acceptors (Lipinski definition) is 3. The SMILES string of the molecule is CCC1CN(CC(=O)NC2CCCCCC2)c2ccccc2S1. The summed E-state index contributed by atoms with van der Waals surface area (Å²) in [5, 5.41) is 3.86. The van der Waals surface area contributed by atoms with E-state index < -0.39 is 0 Å². The van der Waals surface area contributed by atoms with Crippen LogP contribution < -0.4 is 10.2 Å². The highest BCUT2D eigenvalue weighted by molar-refractivity contribution is 8.00. The maximum absolute atomic E-state index is 12.5. The van der Waals surface area contributed by atoms with Gasteiger partial charge in [-0.15, -0.1) is 11.8 Å². The molecule has 1 atom stereocenters. The molecule has 1 heterocycles. The molecular formula is C19H28N2OS. The molecule has 0 spiro atoms. The Labute approximate surface area is 144 Å². The third-order valence-electron chi connectivity index (χ3n) is 4.93. The fourth-order valence-electron chi connectivity index (χ4n) is 3.61. The van der Waals surface area contributed by atoms with Gasteiger partial charge in [-0.1, -0.05) is 44.7 Å². The summed E-state index contributed by atoms with van der Waals surface area (Å²) in [6.45, 7) is 3.69. The minimum Gasteiger partial charge on any atom is -0.360 e. The summed E-state index contributed by atoms with van der Waals surface area (Å²) < 4.78 is 0. The maximum Gasteiger partial charge on any atom is 0.239 e. The zero-order chi connectivity index (χ0) is 16.1. The number of nitrogens with zero attached hydrogens (tertiary/aromatic N) is 1. The van der Waals surface area contributed by atoms with Gasteiger partial charge in [0, 0.05) is 22.7 Å². The average Bonchev–Trinajstić information content (AvgIpc) is 2.83. The highest BCUT2D eigenvalue weighted by Crippen LogP contribution is 2.39. The Morgan fingerprint density at radius 3 is 2.70 bits per heavy atom. The van der Waals surface area contributed by atoms with E-state index in [1.807, 2.05) is 11.8 Å². The smallest absolute Gasteiger partial charge is 0.239 e. The molecule has 0 saturated heterocycles. The summed E-state index contributed by atoms with van der Waals surface area (Å²) >= 11 is 1.95. The molecule has 1 saturated carbocycles. The highest BCUT2D eigenvalue weighted by atomic mass is 32.2. The molecule has 4 heteroatoms. The quantitative estimate of drug-likeness (QED) is 0.838. The first-order chi connectivity index (χ1) is 11.3. The fourth-order valence-corrected chi connectivity index (χ4v) is 4.87. The molecule has 1 amide bonds. The van der Waals surface area contributed by atoms with Gasteiger partial charge in [-0.2, -0.15) is 0 Å². The number of carbonyl (C=O) groups excluding carboxylic acids is 1. The minimum absolute atomic E-state index is 0.188. The van der Waals surface area contributed by atoms with E-state index in [0.717, 1.165) is 25.8 Å². The molecule has 0 aromatic heterocycles. The van der Waals surface area contributed by atoms with Crippen molar-refractivity contribution in [1.29, 1.82) is 0 Å². The van der Waals surface area contributed by atoms with Crippen molar-refractivity contribution in [3.8, 4) is 0 Å². The van der Waals surface area contributed by atoms with Crippen LogP contribution in [-0.4, -0.2) is 30.3 Å². The number of nitrogens with one attached hydrogen (secondary N) is 1. The van der Waals surface area contributed by atoms with E-state index in [9.17, 15) is 4.79 Å². The molecule has 23 heavy (non-hydrogen) atoms. The van der Waals surface area contributed by atoms with Crippen LogP contribution in [0.1, 0.15) is 51.9 Å². The number of carbonyl (C=O) groups is 1. The average molecular weight is 333 g/mol. The largest absolute Gasteiger partial charge is 0.360 e. The lowest BCUT2D eigenvalue weighted by Gasteiger charge is -2.35. The predicted molar refractivity (Wildman–Crippen MR) is 98.2 cm³/mol. The summed E-state index contributed by atoms with van der Waals surface area (Å²) in [6, 6.07) is 8.88. The van der Waals surface area contributed by atoms with E-state index >= 15 is 0 Å².